The van der Waals surface area contributed by atoms with Crippen molar-refractivity contribution in [3.63, 3.8) is 0 Å². The van der Waals surface area contributed by atoms with Gasteiger partial charge in [0.15, 0.2) is 5.78 Å². The number of hydrogen-bond donors (Lipinski definition) is 3. The SMILES string of the molecule is O=C(O)O.O=C(O)c1ccccc1C(=O)c1ccccc1.[KH]. The van der Waals surface area contributed by atoms with E-state index in [1.807, 2.05) is 0 Å². The fraction of sp³-hybridized carbons (Fsp3) is 0. The van der Waals surface area contributed by atoms with Crippen molar-refractivity contribution < 1.29 is 29.7 Å². The molecule has 0 radical (unpaired) electrons. The second-order valence-corrected chi connectivity index (χ2v) is 3.83. The molecule has 0 aromatic heterocycles. The summed E-state index contributed by atoms with van der Waals surface area (Å²) >= 11 is 0. The van der Waals surface area contributed by atoms with Crippen molar-refractivity contribution in [2.75, 3.05) is 0 Å². The molecule has 0 fully saturated rings. The van der Waals surface area contributed by atoms with Crippen LogP contribution >= 0.6 is 0 Å². The van der Waals surface area contributed by atoms with Crippen LogP contribution in [0, 0.1) is 0 Å². The Morgan fingerprint density at radius 1 is 0.682 bits per heavy atom. The molecule has 0 bridgehead atoms. The normalized spacial score (nSPS) is 8.73. The van der Waals surface area contributed by atoms with Crippen LogP contribution < -0.4 is 0 Å². The zero-order valence-corrected chi connectivity index (χ0v) is 10.8. The number of aromatic carboxylic acids is 1. The van der Waals surface area contributed by atoms with Crippen LogP contribution in [0.25, 0.3) is 0 Å². The van der Waals surface area contributed by atoms with E-state index < -0.39 is 12.1 Å². The van der Waals surface area contributed by atoms with E-state index in [1.165, 1.54) is 12.1 Å². The first kappa shape index (κ1) is 20.5. The van der Waals surface area contributed by atoms with Gasteiger partial charge >= 0.3 is 63.5 Å². The molecule has 110 valence electrons. The van der Waals surface area contributed by atoms with Crippen molar-refractivity contribution in [1.82, 2.24) is 0 Å². The molecule has 22 heavy (non-hydrogen) atoms. The summed E-state index contributed by atoms with van der Waals surface area (Å²) in [5.74, 6) is -1.37. The Balaban J connectivity index is 0.000000791. The predicted molar refractivity (Wildman–Crippen MR) is 81.1 cm³/mol. The van der Waals surface area contributed by atoms with E-state index in [9.17, 15) is 9.59 Å². The fourth-order valence-corrected chi connectivity index (χ4v) is 1.61. The summed E-state index contributed by atoms with van der Waals surface area (Å²) in [4.78, 5) is 31.7. The van der Waals surface area contributed by atoms with Gasteiger partial charge in [-0.3, -0.25) is 4.79 Å². The minimum absolute atomic E-state index is 0. The number of carboxylic acid groups (broad SMARTS) is 3. The van der Waals surface area contributed by atoms with E-state index in [4.69, 9.17) is 20.1 Å². The Bertz CT molecular complexity index is 650. The van der Waals surface area contributed by atoms with Crippen LogP contribution in [0.4, 0.5) is 4.79 Å². The summed E-state index contributed by atoms with van der Waals surface area (Å²) in [6.07, 6.45) is -1.83. The molecule has 0 aliphatic rings. The second-order valence-electron chi connectivity index (χ2n) is 3.83. The summed E-state index contributed by atoms with van der Waals surface area (Å²) in [5.41, 5.74) is 0.730. The Hall–Kier alpha value is -1.51. The summed E-state index contributed by atoms with van der Waals surface area (Å²) in [6.45, 7) is 0. The molecule has 0 saturated carbocycles. The average Bonchev–Trinajstić information content (AvgIpc) is 2.47. The van der Waals surface area contributed by atoms with Crippen molar-refractivity contribution in [3.8, 4) is 0 Å². The molecule has 2 rings (SSSR count). The van der Waals surface area contributed by atoms with Gasteiger partial charge in [0, 0.05) is 11.1 Å². The first-order chi connectivity index (χ1) is 9.93. The molecule has 6 nitrogen and oxygen atoms in total. The molecule has 7 heteroatoms. The first-order valence-electron chi connectivity index (χ1n) is 5.77. The van der Waals surface area contributed by atoms with Crippen molar-refractivity contribution >= 4 is 69.3 Å². The van der Waals surface area contributed by atoms with Gasteiger partial charge in [0.05, 0.1) is 5.56 Å². The molecular formula is C15H13KO6. The molecular weight excluding hydrogens is 315 g/mol. The van der Waals surface area contributed by atoms with Crippen molar-refractivity contribution in [1.29, 1.82) is 0 Å². The Labute approximate surface area is 168 Å². The standard InChI is InChI=1S/C14H10O3.CH2O3.K.H/c15-13(10-6-2-1-3-7-10)11-8-4-5-9-12(11)14(16)17;2-1(3)4;;/h1-9H,(H,16,17);(H2,2,3,4);;. The number of carbonyl (C=O) groups excluding carboxylic acids is 1. The van der Waals surface area contributed by atoms with Crippen LogP contribution in [-0.4, -0.2) is 84.6 Å². The molecule has 2 aromatic carbocycles. The average molecular weight is 328 g/mol. The number of ketones is 1. The maximum atomic E-state index is 12.1. The minimum atomic E-state index is -1.83. The second kappa shape index (κ2) is 10.3. The zero-order valence-electron chi connectivity index (χ0n) is 10.8. The molecule has 3 N–H and O–H groups in total. The number of hydrogen-bond acceptors (Lipinski definition) is 3. The van der Waals surface area contributed by atoms with E-state index in [0.717, 1.165) is 0 Å². The topological polar surface area (TPSA) is 112 Å². The van der Waals surface area contributed by atoms with Crippen LogP contribution in [0.1, 0.15) is 26.3 Å². The number of benzene rings is 2. The third kappa shape index (κ3) is 6.50. The Morgan fingerprint density at radius 3 is 1.55 bits per heavy atom. The summed E-state index contributed by atoms with van der Waals surface area (Å²) in [7, 11) is 0. The number of rotatable bonds is 3. The monoisotopic (exact) mass is 328 g/mol. The molecule has 0 saturated heterocycles. The summed E-state index contributed by atoms with van der Waals surface area (Å²) in [5, 5.41) is 23.0. The third-order valence-electron chi connectivity index (χ3n) is 2.44. The molecule has 0 amide bonds. The van der Waals surface area contributed by atoms with Gasteiger partial charge in [-0.15, -0.1) is 0 Å². The quantitative estimate of drug-likeness (QED) is 0.588. The van der Waals surface area contributed by atoms with E-state index in [0.29, 0.717) is 5.56 Å². The van der Waals surface area contributed by atoms with Crippen LogP contribution in [0.15, 0.2) is 54.6 Å². The molecule has 0 spiro atoms. The van der Waals surface area contributed by atoms with Crippen LogP contribution in [-0.2, 0) is 0 Å². The van der Waals surface area contributed by atoms with E-state index >= 15 is 0 Å². The van der Waals surface area contributed by atoms with Gasteiger partial charge in [-0.2, -0.15) is 0 Å². The molecule has 0 atom stereocenters. The predicted octanol–water partition coefficient (Wildman–Crippen LogP) is 2.19. The molecule has 0 unspecified atom stereocenters. The zero-order chi connectivity index (χ0) is 15.8. The van der Waals surface area contributed by atoms with Crippen LogP contribution in [0.2, 0.25) is 0 Å². The van der Waals surface area contributed by atoms with Gasteiger partial charge in [0.1, 0.15) is 0 Å². The van der Waals surface area contributed by atoms with Crippen LogP contribution in [0.5, 0.6) is 0 Å². The maximum absolute atomic E-state index is 12.1. The molecule has 0 heterocycles. The van der Waals surface area contributed by atoms with Gasteiger partial charge in [-0.25, -0.2) is 9.59 Å². The number of carboxylic acids is 1. The van der Waals surface area contributed by atoms with Crippen molar-refractivity contribution in [3.05, 3.63) is 71.3 Å². The van der Waals surface area contributed by atoms with E-state index in [1.54, 1.807) is 42.5 Å². The third-order valence-corrected chi connectivity index (χ3v) is 2.44. The molecule has 0 aliphatic heterocycles. The number of carbonyl (C=O) groups is 3. The Morgan fingerprint density at radius 2 is 1.09 bits per heavy atom. The first-order valence-corrected chi connectivity index (χ1v) is 5.77. The fourth-order valence-electron chi connectivity index (χ4n) is 1.61. The van der Waals surface area contributed by atoms with E-state index in [2.05, 4.69) is 0 Å². The van der Waals surface area contributed by atoms with Gasteiger partial charge in [0.25, 0.3) is 0 Å². The summed E-state index contributed by atoms with van der Waals surface area (Å²) < 4.78 is 0. The van der Waals surface area contributed by atoms with Crippen molar-refractivity contribution in [2.24, 2.45) is 0 Å². The Kier molecular flexibility index (Phi) is 9.55. The van der Waals surface area contributed by atoms with Gasteiger partial charge < -0.3 is 15.3 Å². The van der Waals surface area contributed by atoms with Gasteiger partial charge in [-0.1, -0.05) is 48.5 Å². The molecule has 0 aliphatic carbocycles. The van der Waals surface area contributed by atoms with Gasteiger partial charge in [0.2, 0.25) is 0 Å². The summed E-state index contributed by atoms with van der Waals surface area (Å²) in [6, 6.07) is 14.8. The molecule has 2 aromatic rings. The van der Waals surface area contributed by atoms with Crippen molar-refractivity contribution in [2.45, 2.75) is 0 Å². The van der Waals surface area contributed by atoms with Crippen LogP contribution in [0.3, 0.4) is 0 Å². The van der Waals surface area contributed by atoms with Gasteiger partial charge in [-0.05, 0) is 6.07 Å². The van der Waals surface area contributed by atoms with E-state index in [-0.39, 0.29) is 68.3 Å².